The van der Waals surface area contributed by atoms with Gasteiger partial charge < -0.3 is 10.1 Å². The van der Waals surface area contributed by atoms with E-state index in [4.69, 9.17) is 9.72 Å². The number of ether oxygens (including phenoxy) is 1. The van der Waals surface area contributed by atoms with E-state index in [2.05, 4.69) is 27.8 Å². The Morgan fingerprint density at radius 2 is 1.87 bits per heavy atom. The zero-order valence-corrected chi connectivity index (χ0v) is 17.2. The van der Waals surface area contributed by atoms with Gasteiger partial charge in [0, 0.05) is 11.6 Å². The van der Waals surface area contributed by atoms with Crippen LogP contribution in [-0.2, 0) is 0 Å². The van der Waals surface area contributed by atoms with Crippen molar-refractivity contribution in [1.82, 2.24) is 24.9 Å². The first kappa shape index (κ1) is 18.7. The van der Waals surface area contributed by atoms with Crippen molar-refractivity contribution in [2.75, 3.05) is 13.1 Å². The van der Waals surface area contributed by atoms with Crippen LogP contribution in [0, 0.1) is 0 Å². The number of alkyl halides is 1. The second-order valence-corrected chi connectivity index (χ2v) is 8.51. The van der Waals surface area contributed by atoms with Crippen LogP contribution < -0.4 is 10.1 Å². The summed E-state index contributed by atoms with van der Waals surface area (Å²) < 4.78 is 22.7. The topological polar surface area (TPSA) is 64.3 Å². The lowest BCUT2D eigenvalue weighted by atomic mass is 10.1. The molecule has 2 fully saturated rings. The quantitative estimate of drug-likeness (QED) is 0.537. The minimum absolute atomic E-state index is 0.461. The highest BCUT2D eigenvalue weighted by molar-refractivity contribution is 5.86. The van der Waals surface area contributed by atoms with Gasteiger partial charge in [-0.15, -0.1) is 10.2 Å². The van der Waals surface area contributed by atoms with Gasteiger partial charge in [-0.1, -0.05) is 24.3 Å². The summed E-state index contributed by atoms with van der Waals surface area (Å²) in [5.41, 5.74) is 3.56. The largest absolute Gasteiger partial charge is 0.485 e. The van der Waals surface area contributed by atoms with Crippen LogP contribution >= 0.6 is 0 Å². The van der Waals surface area contributed by atoms with Crippen LogP contribution in [0.2, 0.25) is 0 Å². The molecule has 1 aliphatic heterocycles. The van der Waals surface area contributed by atoms with Crippen molar-refractivity contribution in [3.8, 4) is 17.3 Å². The van der Waals surface area contributed by atoms with E-state index in [-0.39, 0.29) is 0 Å². The van der Waals surface area contributed by atoms with Crippen LogP contribution in [0.25, 0.3) is 28.1 Å². The number of hydrogen-bond donors (Lipinski definition) is 1. The second kappa shape index (κ2) is 7.57. The second-order valence-electron chi connectivity index (χ2n) is 8.51. The Hall–Kier alpha value is -3.06. The molecular weight excluding hydrogens is 393 g/mol. The molecule has 1 saturated heterocycles. The first-order valence-electron chi connectivity index (χ1n) is 11.0. The Morgan fingerprint density at radius 3 is 2.77 bits per heavy atom. The summed E-state index contributed by atoms with van der Waals surface area (Å²) in [6.07, 6.45) is 4.24. The van der Waals surface area contributed by atoms with Gasteiger partial charge in [-0.2, -0.15) is 0 Å². The first-order chi connectivity index (χ1) is 15.3. The van der Waals surface area contributed by atoms with Gasteiger partial charge in [0.05, 0.1) is 0 Å². The van der Waals surface area contributed by atoms with E-state index in [1.54, 1.807) is 0 Å². The Morgan fingerprint density at radius 1 is 0.968 bits per heavy atom. The van der Waals surface area contributed by atoms with E-state index in [1.165, 1.54) is 18.4 Å². The molecule has 2 atom stereocenters. The fraction of sp³-hybridized carbons (Fsp3) is 0.375. The van der Waals surface area contributed by atoms with Crippen LogP contribution in [-0.4, -0.2) is 44.9 Å². The number of para-hydroxylation sites is 1. The first-order valence-corrected chi connectivity index (χ1v) is 11.0. The molecule has 1 saturated carbocycles. The van der Waals surface area contributed by atoms with Gasteiger partial charge in [0.15, 0.2) is 11.5 Å². The van der Waals surface area contributed by atoms with Crippen molar-refractivity contribution < 1.29 is 9.13 Å². The number of nitrogens with zero attached hydrogens (tertiary/aromatic N) is 4. The molecule has 1 N–H and O–H groups in total. The van der Waals surface area contributed by atoms with Gasteiger partial charge in [-0.25, -0.2) is 9.37 Å². The number of fused-ring (bicyclic) bond motifs is 2. The molecular formula is C24H24FN5O. The predicted octanol–water partition coefficient (Wildman–Crippen LogP) is 4.29. The maximum absolute atomic E-state index is 14.6. The molecule has 0 radical (unpaired) electrons. The highest BCUT2D eigenvalue weighted by Gasteiger charge is 2.26. The maximum atomic E-state index is 14.6. The molecule has 0 unspecified atom stereocenters. The molecule has 1 aromatic carbocycles. The van der Waals surface area contributed by atoms with Crippen LogP contribution in [0.1, 0.15) is 37.2 Å². The number of rotatable bonds is 4. The standard InChI is InChI=1S/C24H24FN5O/c25-18-10-12-26-13-11-20(18)31-21-3-1-2-16-6-8-19(27-23(16)21)24-29-28-22-9-7-17(14-30(22)24)15-4-5-15/h1-3,6-9,14-15,18,20,26H,4-5,10-13H2/t18-,20-/m1/s1. The van der Waals surface area contributed by atoms with Crippen LogP contribution in [0.3, 0.4) is 0 Å². The minimum Gasteiger partial charge on any atom is -0.485 e. The smallest absolute Gasteiger partial charge is 0.187 e. The van der Waals surface area contributed by atoms with Crippen molar-refractivity contribution in [1.29, 1.82) is 0 Å². The molecule has 2 aliphatic rings. The summed E-state index contributed by atoms with van der Waals surface area (Å²) in [6, 6.07) is 13.9. The normalized spacial score (nSPS) is 22.0. The number of aromatic nitrogens is 4. The van der Waals surface area contributed by atoms with Crippen molar-refractivity contribution >= 4 is 16.6 Å². The fourth-order valence-corrected chi connectivity index (χ4v) is 4.35. The lowest BCUT2D eigenvalue weighted by Crippen LogP contribution is -2.28. The van der Waals surface area contributed by atoms with E-state index in [9.17, 15) is 4.39 Å². The number of pyridine rings is 2. The number of hydrogen-bond acceptors (Lipinski definition) is 5. The van der Waals surface area contributed by atoms with Crippen molar-refractivity contribution in [3.05, 3.63) is 54.2 Å². The van der Waals surface area contributed by atoms with E-state index >= 15 is 0 Å². The summed E-state index contributed by atoms with van der Waals surface area (Å²) >= 11 is 0. The van der Waals surface area contributed by atoms with Gasteiger partial charge in [-0.3, -0.25) is 4.40 Å². The molecule has 4 heterocycles. The van der Waals surface area contributed by atoms with Crippen molar-refractivity contribution in [3.63, 3.8) is 0 Å². The van der Waals surface area contributed by atoms with Gasteiger partial charge in [0.1, 0.15) is 29.2 Å². The SMILES string of the molecule is F[C@@H]1CCNCC[C@H]1Oc1cccc2ccc(-c3nnc4ccc(C5CC5)cn34)nc12. The summed E-state index contributed by atoms with van der Waals surface area (Å²) in [7, 11) is 0. The average molecular weight is 417 g/mol. The van der Waals surface area contributed by atoms with Gasteiger partial charge in [0.2, 0.25) is 0 Å². The summed E-state index contributed by atoms with van der Waals surface area (Å²) in [5, 5.41) is 12.9. The zero-order valence-electron chi connectivity index (χ0n) is 17.2. The summed E-state index contributed by atoms with van der Waals surface area (Å²) in [6.45, 7) is 1.44. The lowest BCUT2D eigenvalue weighted by molar-refractivity contribution is 0.0983. The third kappa shape index (κ3) is 3.53. The monoisotopic (exact) mass is 417 g/mol. The van der Waals surface area contributed by atoms with Gasteiger partial charge >= 0.3 is 0 Å². The van der Waals surface area contributed by atoms with Crippen LogP contribution in [0.4, 0.5) is 4.39 Å². The maximum Gasteiger partial charge on any atom is 0.187 e. The predicted molar refractivity (Wildman–Crippen MR) is 117 cm³/mol. The molecule has 0 amide bonds. The highest BCUT2D eigenvalue weighted by Crippen LogP contribution is 2.40. The van der Waals surface area contributed by atoms with E-state index in [1.807, 2.05) is 40.8 Å². The van der Waals surface area contributed by atoms with Crippen molar-refractivity contribution in [2.45, 2.75) is 43.9 Å². The summed E-state index contributed by atoms with van der Waals surface area (Å²) in [4.78, 5) is 4.89. The molecule has 6 rings (SSSR count). The Bertz CT molecular complexity index is 1250. The lowest BCUT2D eigenvalue weighted by Gasteiger charge is -2.21. The van der Waals surface area contributed by atoms with Crippen molar-refractivity contribution in [2.24, 2.45) is 0 Å². The molecule has 6 nitrogen and oxygen atoms in total. The van der Waals surface area contributed by atoms with Crippen LogP contribution in [0.15, 0.2) is 48.7 Å². The summed E-state index contributed by atoms with van der Waals surface area (Å²) in [5.74, 6) is 1.96. The van der Waals surface area contributed by atoms with E-state index in [0.717, 1.165) is 28.8 Å². The zero-order chi connectivity index (χ0) is 20.8. The molecule has 3 aromatic heterocycles. The Balaban J connectivity index is 1.40. The van der Waals surface area contributed by atoms with Gasteiger partial charge in [0.25, 0.3) is 0 Å². The third-order valence-electron chi connectivity index (χ3n) is 6.27. The minimum atomic E-state index is -0.991. The molecule has 4 aromatic rings. The fourth-order valence-electron chi connectivity index (χ4n) is 4.35. The molecule has 7 heteroatoms. The molecule has 0 bridgehead atoms. The Labute approximate surface area is 179 Å². The molecule has 31 heavy (non-hydrogen) atoms. The highest BCUT2D eigenvalue weighted by atomic mass is 19.1. The number of halogens is 1. The Kier molecular flexibility index (Phi) is 4.56. The van der Waals surface area contributed by atoms with Crippen LogP contribution in [0.5, 0.6) is 5.75 Å². The number of benzene rings is 1. The molecule has 0 spiro atoms. The number of nitrogens with one attached hydrogen (secondary N) is 1. The average Bonchev–Trinajstić information content (AvgIpc) is 3.59. The van der Waals surface area contributed by atoms with Gasteiger partial charge in [-0.05, 0) is 68.5 Å². The van der Waals surface area contributed by atoms with E-state index in [0.29, 0.717) is 36.9 Å². The molecule has 1 aliphatic carbocycles. The molecule has 158 valence electrons. The van der Waals surface area contributed by atoms with E-state index < -0.39 is 12.3 Å². The third-order valence-corrected chi connectivity index (χ3v) is 6.27.